The number of alkyl halides is 2. The van der Waals surface area contributed by atoms with Gasteiger partial charge >= 0.3 is 6.61 Å². The van der Waals surface area contributed by atoms with Crippen LogP contribution >= 0.6 is 0 Å². The summed E-state index contributed by atoms with van der Waals surface area (Å²) in [6.45, 7) is -0.759. The average Bonchev–Trinajstić information content (AvgIpc) is 2.58. The minimum atomic E-state index is -2.87. The molecule has 0 spiro atoms. The summed E-state index contributed by atoms with van der Waals surface area (Å²) in [5.41, 5.74) is 0.650. The number of piperazine rings is 1. The Bertz CT molecular complexity index is 639. The Morgan fingerprint density at radius 1 is 1.12 bits per heavy atom. The predicted octanol–water partition coefficient (Wildman–Crippen LogP) is 1.56. The van der Waals surface area contributed by atoms with Crippen LogP contribution in [0.4, 0.5) is 14.5 Å². The number of carbonyl (C=O) groups is 2. The molecule has 1 atom stereocenters. The Balaban J connectivity index is 1.70. The number of rotatable bonds is 4. The van der Waals surface area contributed by atoms with Crippen LogP contribution < -0.4 is 9.64 Å². The zero-order chi connectivity index (χ0) is 18.0. The van der Waals surface area contributed by atoms with E-state index in [1.165, 1.54) is 12.1 Å². The van der Waals surface area contributed by atoms with E-state index in [1.807, 2.05) is 4.90 Å². The van der Waals surface area contributed by atoms with Crippen LogP contribution in [0.2, 0.25) is 0 Å². The number of nitrogens with zero attached hydrogens (tertiary/aromatic N) is 3. The van der Waals surface area contributed by atoms with Crippen LogP contribution in [-0.2, 0) is 9.59 Å². The van der Waals surface area contributed by atoms with Crippen molar-refractivity contribution >= 4 is 17.5 Å². The zero-order valence-electron chi connectivity index (χ0n) is 14.0. The molecule has 3 rings (SSSR count). The summed E-state index contributed by atoms with van der Waals surface area (Å²) in [7, 11) is 1.76. The lowest BCUT2D eigenvalue weighted by Crippen LogP contribution is -2.58. The quantitative estimate of drug-likeness (QED) is 0.824. The fourth-order valence-corrected chi connectivity index (χ4v) is 3.30. The van der Waals surface area contributed by atoms with Crippen molar-refractivity contribution in [2.24, 2.45) is 0 Å². The molecule has 0 N–H and O–H groups in total. The summed E-state index contributed by atoms with van der Waals surface area (Å²) in [4.78, 5) is 30.1. The largest absolute Gasteiger partial charge is 0.435 e. The zero-order valence-corrected chi connectivity index (χ0v) is 14.0. The van der Waals surface area contributed by atoms with E-state index < -0.39 is 6.61 Å². The molecule has 1 aromatic rings. The molecule has 2 fully saturated rings. The van der Waals surface area contributed by atoms with Crippen LogP contribution in [0.15, 0.2) is 24.3 Å². The van der Waals surface area contributed by atoms with Crippen LogP contribution in [0.1, 0.15) is 12.8 Å². The first-order valence-corrected chi connectivity index (χ1v) is 8.30. The number of anilines is 1. The third-order valence-corrected chi connectivity index (χ3v) is 4.71. The van der Waals surface area contributed by atoms with Crippen molar-refractivity contribution in [2.75, 3.05) is 38.1 Å². The fraction of sp³-hybridized carbons (Fsp3) is 0.529. The van der Waals surface area contributed by atoms with Gasteiger partial charge in [0.25, 0.3) is 0 Å². The molecule has 2 amide bonds. The van der Waals surface area contributed by atoms with Crippen LogP contribution in [0.5, 0.6) is 5.75 Å². The maximum atomic E-state index is 12.9. The van der Waals surface area contributed by atoms with Gasteiger partial charge in [0.1, 0.15) is 5.75 Å². The van der Waals surface area contributed by atoms with E-state index >= 15 is 0 Å². The van der Waals surface area contributed by atoms with Gasteiger partial charge in [-0.1, -0.05) is 0 Å². The number of amides is 2. The Morgan fingerprint density at radius 3 is 2.48 bits per heavy atom. The van der Waals surface area contributed by atoms with E-state index in [-0.39, 0.29) is 30.2 Å². The molecule has 2 aliphatic rings. The second-order valence-electron chi connectivity index (χ2n) is 6.31. The van der Waals surface area contributed by atoms with Crippen LogP contribution in [-0.4, -0.2) is 67.5 Å². The van der Waals surface area contributed by atoms with Gasteiger partial charge < -0.3 is 14.5 Å². The first-order chi connectivity index (χ1) is 12.0. The Morgan fingerprint density at radius 2 is 1.84 bits per heavy atom. The van der Waals surface area contributed by atoms with Gasteiger partial charge in [-0.3, -0.25) is 14.5 Å². The molecular weight excluding hydrogens is 332 g/mol. The highest BCUT2D eigenvalue weighted by Crippen LogP contribution is 2.26. The Hall–Kier alpha value is -2.22. The minimum absolute atomic E-state index is 0.0182. The van der Waals surface area contributed by atoms with Gasteiger partial charge in [0.15, 0.2) is 0 Å². The lowest BCUT2D eigenvalue weighted by Gasteiger charge is -2.41. The second-order valence-corrected chi connectivity index (χ2v) is 6.31. The first-order valence-electron chi connectivity index (χ1n) is 8.30. The molecule has 1 unspecified atom stereocenters. The van der Waals surface area contributed by atoms with Gasteiger partial charge in [0.05, 0.1) is 12.6 Å². The molecule has 8 heteroatoms. The maximum Gasteiger partial charge on any atom is 0.387 e. The highest BCUT2D eigenvalue weighted by atomic mass is 19.3. The summed E-state index contributed by atoms with van der Waals surface area (Å²) in [6, 6.07) is 5.75. The van der Waals surface area contributed by atoms with Crippen molar-refractivity contribution in [1.82, 2.24) is 9.80 Å². The number of piperidine rings is 1. The molecule has 0 radical (unpaired) electrons. The smallest absolute Gasteiger partial charge is 0.387 e. The van der Waals surface area contributed by atoms with Crippen LogP contribution in [0, 0.1) is 0 Å². The molecule has 1 aromatic carbocycles. The molecule has 2 saturated heterocycles. The summed E-state index contributed by atoms with van der Waals surface area (Å²) in [6.07, 6.45) is 1.55. The third kappa shape index (κ3) is 3.89. The molecule has 2 aliphatic heterocycles. The molecule has 136 valence electrons. The average molecular weight is 353 g/mol. The topological polar surface area (TPSA) is 53.1 Å². The van der Waals surface area contributed by atoms with Gasteiger partial charge in [0, 0.05) is 32.4 Å². The lowest BCUT2D eigenvalue weighted by atomic mass is 10.0. The van der Waals surface area contributed by atoms with E-state index in [4.69, 9.17) is 0 Å². The summed E-state index contributed by atoms with van der Waals surface area (Å²) >= 11 is 0. The number of hydrogen-bond donors (Lipinski definition) is 0. The molecule has 0 bridgehead atoms. The van der Waals surface area contributed by atoms with Gasteiger partial charge in [-0.2, -0.15) is 8.78 Å². The maximum absolute atomic E-state index is 12.9. The second kappa shape index (κ2) is 7.35. The molecule has 2 heterocycles. The standard InChI is InChI=1S/C17H21F2N3O3/c1-20-9-10-21(11-15(20)23)14-3-2-8-22(16(14)24)12-4-6-13(7-5-12)25-17(18)19/h4-7,14,17H,2-3,8-11H2,1H3. The molecular formula is C17H21F2N3O3. The first kappa shape index (κ1) is 17.6. The van der Waals surface area contributed by atoms with Crippen molar-refractivity contribution in [2.45, 2.75) is 25.5 Å². The Kier molecular flexibility index (Phi) is 5.17. The van der Waals surface area contributed by atoms with E-state index in [0.29, 0.717) is 25.3 Å². The third-order valence-electron chi connectivity index (χ3n) is 4.71. The van der Waals surface area contributed by atoms with Crippen molar-refractivity contribution in [1.29, 1.82) is 0 Å². The number of benzene rings is 1. The molecule has 0 aliphatic carbocycles. The number of carbonyl (C=O) groups excluding carboxylic acids is 2. The van der Waals surface area contributed by atoms with E-state index in [2.05, 4.69) is 4.74 Å². The van der Waals surface area contributed by atoms with Crippen LogP contribution in [0.3, 0.4) is 0 Å². The van der Waals surface area contributed by atoms with Gasteiger partial charge in [-0.05, 0) is 37.1 Å². The van der Waals surface area contributed by atoms with Crippen LogP contribution in [0.25, 0.3) is 0 Å². The van der Waals surface area contributed by atoms with Crippen molar-refractivity contribution in [3.05, 3.63) is 24.3 Å². The summed E-state index contributed by atoms with van der Waals surface area (Å²) in [5, 5.41) is 0. The van der Waals surface area contributed by atoms with Crippen molar-refractivity contribution in [3.63, 3.8) is 0 Å². The number of hydrogen-bond acceptors (Lipinski definition) is 4. The van der Waals surface area contributed by atoms with Crippen molar-refractivity contribution in [3.8, 4) is 5.75 Å². The van der Waals surface area contributed by atoms with E-state index in [9.17, 15) is 18.4 Å². The van der Waals surface area contributed by atoms with Gasteiger partial charge in [-0.25, -0.2) is 0 Å². The fourth-order valence-electron chi connectivity index (χ4n) is 3.30. The minimum Gasteiger partial charge on any atom is -0.435 e. The predicted molar refractivity (Wildman–Crippen MR) is 87.7 cm³/mol. The van der Waals surface area contributed by atoms with Gasteiger partial charge in [0.2, 0.25) is 11.8 Å². The summed E-state index contributed by atoms with van der Waals surface area (Å²) < 4.78 is 28.8. The number of ether oxygens (including phenoxy) is 1. The molecule has 25 heavy (non-hydrogen) atoms. The molecule has 0 aromatic heterocycles. The SMILES string of the molecule is CN1CCN(C2CCCN(c3ccc(OC(F)F)cc3)C2=O)CC1=O. The monoisotopic (exact) mass is 353 g/mol. The van der Waals surface area contributed by atoms with Crippen molar-refractivity contribution < 1.29 is 23.1 Å². The molecule has 0 saturated carbocycles. The number of halogens is 2. The lowest BCUT2D eigenvalue weighted by molar-refractivity contribution is -0.138. The van der Waals surface area contributed by atoms with Gasteiger partial charge in [-0.15, -0.1) is 0 Å². The number of likely N-dealkylation sites (N-methyl/N-ethyl adjacent to an activating group) is 1. The van der Waals surface area contributed by atoms with E-state index in [0.717, 1.165) is 12.8 Å². The van der Waals surface area contributed by atoms with E-state index in [1.54, 1.807) is 29.0 Å². The highest BCUT2D eigenvalue weighted by Gasteiger charge is 2.36. The Labute approximate surface area is 144 Å². The molecule has 6 nitrogen and oxygen atoms in total. The highest BCUT2D eigenvalue weighted by molar-refractivity contribution is 5.98. The normalized spacial score (nSPS) is 22.6. The summed E-state index contributed by atoms with van der Waals surface area (Å²) in [5.74, 6) is 0.0280.